The maximum absolute atomic E-state index is 9.28. The summed E-state index contributed by atoms with van der Waals surface area (Å²) in [6.45, 7) is 4.65. The molecule has 0 aliphatic heterocycles. The van der Waals surface area contributed by atoms with Gasteiger partial charge >= 0.3 is 0 Å². The molecule has 0 bridgehead atoms. The SMILES string of the molecule is COc1cc(OC)c(NCC(C)(C)CO)c(OC)c1. The topological polar surface area (TPSA) is 60.0 Å². The number of rotatable bonds is 7. The molecule has 0 spiro atoms. The Bertz CT molecular complexity index is 393. The van der Waals surface area contributed by atoms with Crippen molar-refractivity contribution in [3.8, 4) is 17.2 Å². The van der Waals surface area contributed by atoms with E-state index in [1.54, 1.807) is 33.5 Å². The summed E-state index contributed by atoms with van der Waals surface area (Å²) in [4.78, 5) is 0. The minimum atomic E-state index is -0.226. The number of ether oxygens (including phenoxy) is 3. The highest BCUT2D eigenvalue weighted by Gasteiger charge is 2.19. The fourth-order valence-corrected chi connectivity index (χ4v) is 1.56. The van der Waals surface area contributed by atoms with Crippen LogP contribution in [0, 0.1) is 5.41 Å². The van der Waals surface area contributed by atoms with Crippen LogP contribution in [0.1, 0.15) is 13.8 Å². The molecule has 0 aromatic heterocycles. The second kappa shape index (κ2) is 6.52. The Hall–Kier alpha value is -1.62. The fourth-order valence-electron chi connectivity index (χ4n) is 1.56. The van der Waals surface area contributed by atoms with Gasteiger partial charge in [-0.15, -0.1) is 0 Å². The number of anilines is 1. The molecule has 19 heavy (non-hydrogen) atoms. The van der Waals surface area contributed by atoms with Crippen molar-refractivity contribution in [3.63, 3.8) is 0 Å². The van der Waals surface area contributed by atoms with Gasteiger partial charge in [0.05, 0.1) is 21.3 Å². The van der Waals surface area contributed by atoms with Crippen LogP contribution < -0.4 is 19.5 Å². The van der Waals surface area contributed by atoms with Gasteiger partial charge in [0, 0.05) is 30.7 Å². The number of aliphatic hydroxyl groups excluding tert-OH is 1. The second-order valence-corrected chi connectivity index (χ2v) is 5.08. The number of aliphatic hydroxyl groups is 1. The van der Waals surface area contributed by atoms with E-state index in [2.05, 4.69) is 5.32 Å². The second-order valence-electron chi connectivity index (χ2n) is 5.08. The van der Waals surface area contributed by atoms with Gasteiger partial charge in [-0.2, -0.15) is 0 Å². The summed E-state index contributed by atoms with van der Waals surface area (Å²) in [6, 6.07) is 3.58. The van der Waals surface area contributed by atoms with Crippen LogP contribution in [0.25, 0.3) is 0 Å². The summed E-state index contributed by atoms with van der Waals surface area (Å²) in [7, 11) is 4.78. The van der Waals surface area contributed by atoms with Crippen LogP contribution in [-0.4, -0.2) is 39.6 Å². The minimum absolute atomic E-state index is 0.0980. The van der Waals surface area contributed by atoms with Gasteiger partial charge in [0.1, 0.15) is 22.9 Å². The van der Waals surface area contributed by atoms with Gasteiger partial charge in [-0.3, -0.25) is 0 Å². The molecule has 1 rings (SSSR count). The van der Waals surface area contributed by atoms with Crippen LogP contribution in [0.3, 0.4) is 0 Å². The zero-order chi connectivity index (χ0) is 14.5. The van der Waals surface area contributed by atoms with E-state index in [-0.39, 0.29) is 12.0 Å². The van der Waals surface area contributed by atoms with Crippen molar-refractivity contribution < 1.29 is 19.3 Å². The van der Waals surface area contributed by atoms with E-state index in [9.17, 15) is 5.11 Å². The van der Waals surface area contributed by atoms with E-state index in [1.807, 2.05) is 13.8 Å². The molecule has 0 aliphatic carbocycles. The normalized spacial score (nSPS) is 11.1. The van der Waals surface area contributed by atoms with Gasteiger partial charge < -0.3 is 24.6 Å². The zero-order valence-electron chi connectivity index (χ0n) is 12.2. The summed E-state index contributed by atoms with van der Waals surface area (Å²) >= 11 is 0. The zero-order valence-corrected chi connectivity index (χ0v) is 12.2. The third-order valence-electron chi connectivity index (χ3n) is 2.89. The lowest BCUT2D eigenvalue weighted by atomic mass is 9.95. The molecule has 0 saturated carbocycles. The number of nitrogens with one attached hydrogen (secondary N) is 1. The highest BCUT2D eigenvalue weighted by atomic mass is 16.5. The largest absolute Gasteiger partial charge is 0.496 e. The van der Waals surface area contributed by atoms with Gasteiger partial charge in [0.15, 0.2) is 0 Å². The fraction of sp³-hybridized carbons (Fsp3) is 0.571. The van der Waals surface area contributed by atoms with Crippen molar-refractivity contribution >= 4 is 5.69 Å². The summed E-state index contributed by atoms with van der Waals surface area (Å²) in [6.07, 6.45) is 0. The van der Waals surface area contributed by atoms with Gasteiger partial charge in [0.25, 0.3) is 0 Å². The lowest BCUT2D eigenvalue weighted by molar-refractivity contribution is 0.170. The summed E-state index contributed by atoms with van der Waals surface area (Å²) < 4.78 is 15.9. The molecular weight excluding hydrogens is 246 g/mol. The summed E-state index contributed by atoms with van der Waals surface area (Å²) in [5, 5.41) is 12.5. The van der Waals surface area contributed by atoms with Crippen molar-refractivity contribution in [1.82, 2.24) is 0 Å². The molecule has 1 aromatic carbocycles. The predicted molar refractivity (Wildman–Crippen MR) is 75.5 cm³/mol. The Balaban J connectivity index is 3.04. The highest BCUT2D eigenvalue weighted by molar-refractivity contribution is 5.68. The first-order valence-corrected chi connectivity index (χ1v) is 6.12. The van der Waals surface area contributed by atoms with Crippen molar-refractivity contribution in [2.45, 2.75) is 13.8 Å². The summed E-state index contributed by atoms with van der Waals surface area (Å²) in [5.74, 6) is 1.95. The monoisotopic (exact) mass is 269 g/mol. The average Bonchev–Trinajstić information content (AvgIpc) is 2.44. The van der Waals surface area contributed by atoms with E-state index < -0.39 is 0 Å². The highest BCUT2D eigenvalue weighted by Crippen LogP contribution is 2.39. The first-order valence-electron chi connectivity index (χ1n) is 6.12. The molecule has 108 valence electrons. The van der Waals surface area contributed by atoms with Crippen LogP contribution in [0.15, 0.2) is 12.1 Å². The van der Waals surface area contributed by atoms with Crippen molar-refractivity contribution in [2.24, 2.45) is 5.41 Å². The molecule has 0 aliphatic rings. The van der Waals surface area contributed by atoms with E-state index in [4.69, 9.17) is 14.2 Å². The molecule has 2 N–H and O–H groups in total. The Morgan fingerprint density at radius 2 is 1.58 bits per heavy atom. The Kier molecular flexibility index (Phi) is 5.30. The Labute approximate surface area is 114 Å². The molecular formula is C14H23NO4. The van der Waals surface area contributed by atoms with Gasteiger partial charge in [0.2, 0.25) is 0 Å². The van der Waals surface area contributed by atoms with Gasteiger partial charge in [-0.25, -0.2) is 0 Å². The number of hydrogen-bond donors (Lipinski definition) is 2. The van der Waals surface area contributed by atoms with Crippen LogP contribution in [0.5, 0.6) is 17.2 Å². The van der Waals surface area contributed by atoms with Crippen molar-refractivity contribution in [3.05, 3.63) is 12.1 Å². The van der Waals surface area contributed by atoms with E-state index >= 15 is 0 Å². The van der Waals surface area contributed by atoms with Crippen LogP contribution in [-0.2, 0) is 0 Å². The minimum Gasteiger partial charge on any atom is -0.496 e. The molecule has 1 aromatic rings. The third-order valence-corrected chi connectivity index (χ3v) is 2.89. The lowest BCUT2D eigenvalue weighted by Crippen LogP contribution is -2.27. The molecule has 0 saturated heterocycles. The first-order chi connectivity index (χ1) is 8.97. The molecule has 0 fully saturated rings. The van der Waals surface area contributed by atoms with Crippen LogP contribution >= 0.6 is 0 Å². The maximum Gasteiger partial charge on any atom is 0.149 e. The molecule has 0 unspecified atom stereocenters. The first kappa shape index (κ1) is 15.4. The number of hydrogen-bond acceptors (Lipinski definition) is 5. The van der Waals surface area contributed by atoms with E-state index in [1.165, 1.54) is 0 Å². The van der Waals surface area contributed by atoms with E-state index in [0.717, 1.165) is 5.69 Å². The molecule has 0 heterocycles. The number of methoxy groups -OCH3 is 3. The quantitative estimate of drug-likeness (QED) is 0.794. The molecule has 0 radical (unpaired) electrons. The van der Waals surface area contributed by atoms with Crippen LogP contribution in [0.2, 0.25) is 0 Å². The van der Waals surface area contributed by atoms with Gasteiger partial charge in [-0.1, -0.05) is 13.8 Å². The molecule has 0 amide bonds. The Morgan fingerprint density at radius 1 is 1.05 bits per heavy atom. The average molecular weight is 269 g/mol. The molecule has 5 nitrogen and oxygen atoms in total. The predicted octanol–water partition coefficient (Wildman–Crippen LogP) is 2.14. The smallest absolute Gasteiger partial charge is 0.149 e. The maximum atomic E-state index is 9.28. The van der Waals surface area contributed by atoms with Crippen LogP contribution in [0.4, 0.5) is 5.69 Å². The molecule has 5 heteroatoms. The number of benzene rings is 1. The van der Waals surface area contributed by atoms with Gasteiger partial charge in [-0.05, 0) is 0 Å². The molecule has 0 atom stereocenters. The third kappa shape index (κ3) is 3.92. The van der Waals surface area contributed by atoms with E-state index in [0.29, 0.717) is 23.8 Å². The lowest BCUT2D eigenvalue weighted by Gasteiger charge is -2.24. The van der Waals surface area contributed by atoms with Crippen molar-refractivity contribution in [2.75, 3.05) is 39.8 Å². The van der Waals surface area contributed by atoms with Crippen molar-refractivity contribution in [1.29, 1.82) is 0 Å². The Morgan fingerprint density at radius 3 is 1.95 bits per heavy atom. The summed E-state index contributed by atoms with van der Waals surface area (Å²) in [5.41, 5.74) is 0.531. The standard InChI is InChI=1S/C14H23NO4/c1-14(2,9-16)8-15-13-11(18-4)6-10(17-3)7-12(13)19-5/h6-7,15-16H,8-9H2,1-5H3.